The summed E-state index contributed by atoms with van der Waals surface area (Å²) < 4.78 is 29.7. The number of halogens is 1. The van der Waals surface area contributed by atoms with E-state index in [0.29, 0.717) is 10.6 Å². The zero-order valence-corrected chi connectivity index (χ0v) is 16.9. The lowest BCUT2D eigenvalue weighted by Gasteiger charge is -2.19. The highest BCUT2D eigenvalue weighted by Crippen LogP contribution is 2.23. The molecule has 1 aromatic carbocycles. The average Bonchev–Trinajstić information content (AvgIpc) is 3.20. The average molecular weight is 410 g/mol. The third-order valence-corrected chi connectivity index (χ3v) is 6.44. The minimum absolute atomic E-state index is 0.153. The number of aromatic nitrogens is 2. The summed E-state index contributed by atoms with van der Waals surface area (Å²) in [6.07, 6.45) is 0. The van der Waals surface area contributed by atoms with E-state index in [1.54, 1.807) is 35.6 Å². The maximum absolute atomic E-state index is 12.6. The molecule has 5 nitrogen and oxygen atoms in total. The smallest absolute Gasteiger partial charge is 0.215 e. The molecule has 0 radical (unpaired) electrons. The Morgan fingerprint density at radius 1 is 1.27 bits per heavy atom. The summed E-state index contributed by atoms with van der Waals surface area (Å²) in [5.74, 6) is -0.153. The summed E-state index contributed by atoms with van der Waals surface area (Å²) >= 11 is 7.67. The molecule has 0 saturated heterocycles. The normalized spacial score (nSPS) is 13.0. The summed E-state index contributed by atoms with van der Waals surface area (Å²) in [4.78, 5) is 0. The van der Waals surface area contributed by atoms with Gasteiger partial charge >= 0.3 is 0 Å². The summed E-state index contributed by atoms with van der Waals surface area (Å²) in [6.45, 7) is 4.12. The van der Waals surface area contributed by atoms with Crippen molar-refractivity contribution in [2.75, 3.05) is 6.54 Å². The van der Waals surface area contributed by atoms with Crippen LogP contribution in [0.4, 0.5) is 0 Å². The van der Waals surface area contributed by atoms with Gasteiger partial charge in [0.25, 0.3) is 0 Å². The molecule has 0 saturated carbocycles. The van der Waals surface area contributed by atoms with E-state index in [1.165, 1.54) is 0 Å². The van der Waals surface area contributed by atoms with Crippen LogP contribution in [0, 0.1) is 13.8 Å². The van der Waals surface area contributed by atoms with E-state index in [0.717, 1.165) is 17.0 Å². The lowest BCUT2D eigenvalue weighted by atomic mass is 10.1. The van der Waals surface area contributed by atoms with Crippen LogP contribution in [-0.2, 0) is 15.8 Å². The van der Waals surface area contributed by atoms with Gasteiger partial charge in [-0.15, -0.1) is 0 Å². The molecule has 2 heterocycles. The van der Waals surface area contributed by atoms with E-state index < -0.39 is 10.0 Å². The Hall–Kier alpha value is -1.67. The van der Waals surface area contributed by atoms with Crippen LogP contribution < -0.4 is 4.72 Å². The highest BCUT2D eigenvalue weighted by atomic mass is 35.5. The fourth-order valence-corrected chi connectivity index (χ4v) is 5.01. The molecule has 0 amide bonds. The van der Waals surface area contributed by atoms with Gasteiger partial charge in [-0.25, -0.2) is 13.1 Å². The molecule has 0 fully saturated rings. The van der Waals surface area contributed by atoms with Gasteiger partial charge in [-0.1, -0.05) is 29.8 Å². The number of aryl methyl sites for hydroxylation is 2. The van der Waals surface area contributed by atoms with Crippen molar-refractivity contribution in [3.8, 4) is 0 Å². The van der Waals surface area contributed by atoms with E-state index in [1.807, 2.05) is 41.4 Å². The number of hydrogen-bond acceptors (Lipinski definition) is 4. The molecule has 3 aromatic rings. The molecule has 0 aliphatic rings. The number of benzene rings is 1. The second kappa shape index (κ2) is 7.92. The molecule has 2 aromatic heterocycles. The molecule has 1 N–H and O–H groups in total. The number of sulfonamides is 1. The third kappa shape index (κ3) is 4.54. The first-order chi connectivity index (χ1) is 12.4. The molecular weight excluding hydrogens is 390 g/mol. The highest BCUT2D eigenvalue weighted by Gasteiger charge is 2.21. The van der Waals surface area contributed by atoms with Crippen molar-refractivity contribution < 1.29 is 8.42 Å². The molecule has 138 valence electrons. The standard InChI is InChI=1S/C18H20ClN3O2S2/c1-13-9-14(2)22(21-13)18(15-7-8-25-11-15)10-20-26(23,24)12-16-5-3-4-6-17(16)19/h3-9,11,18,20H,10,12H2,1-2H3. The van der Waals surface area contributed by atoms with Gasteiger partial charge in [0.05, 0.1) is 17.5 Å². The lowest BCUT2D eigenvalue weighted by molar-refractivity contribution is 0.494. The summed E-state index contributed by atoms with van der Waals surface area (Å²) in [6, 6.07) is 10.7. The Balaban J connectivity index is 1.80. The summed E-state index contributed by atoms with van der Waals surface area (Å²) in [5, 5.41) is 8.98. The van der Waals surface area contributed by atoms with Crippen LogP contribution in [0.3, 0.4) is 0 Å². The van der Waals surface area contributed by atoms with Crippen LogP contribution >= 0.6 is 22.9 Å². The zero-order chi connectivity index (χ0) is 18.7. The quantitative estimate of drug-likeness (QED) is 0.643. The van der Waals surface area contributed by atoms with Gasteiger partial charge in [0.15, 0.2) is 0 Å². The molecule has 0 aliphatic heterocycles. The van der Waals surface area contributed by atoms with Crippen molar-refractivity contribution in [1.29, 1.82) is 0 Å². The van der Waals surface area contributed by atoms with Gasteiger partial charge < -0.3 is 0 Å². The van der Waals surface area contributed by atoms with Crippen molar-refractivity contribution in [3.63, 3.8) is 0 Å². The monoisotopic (exact) mass is 409 g/mol. The fourth-order valence-electron chi connectivity index (χ4n) is 2.85. The van der Waals surface area contributed by atoms with Crippen LogP contribution in [-0.4, -0.2) is 24.7 Å². The molecular formula is C18H20ClN3O2S2. The fraction of sp³-hybridized carbons (Fsp3) is 0.278. The van der Waals surface area contributed by atoms with Crippen molar-refractivity contribution in [1.82, 2.24) is 14.5 Å². The van der Waals surface area contributed by atoms with Crippen molar-refractivity contribution in [2.24, 2.45) is 0 Å². The van der Waals surface area contributed by atoms with E-state index >= 15 is 0 Å². The van der Waals surface area contributed by atoms with E-state index in [9.17, 15) is 8.42 Å². The van der Waals surface area contributed by atoms with Gasteiger partial charge in [-0.05, 0) is 53.9 Å². The Kier molecular flexibility index (Phi) is 5.82. The molecule has 1 unspecified atom stereocenters. The predicted molar refractivity (Wildman–Crippen MR) is 106 cm³/mol. The predicted octanol–water partition coefficient (Wildman–Crippen LogP) is 3.92. The Morgan fingerprint density at radius 2 is 2.04 bits per heavy atom. The SMILES string of the molecule is Cc1cc(C)n(C(CNS(=O)(=O)Cc2ccccc2Cl)c2ccsc2)n1. The van der Waals surface area contributed by atoms with Crippen LogP contribution in [0.15, 0.2) is 47.2 Å². The molecule has 0 bridgehead atoms. The largest absolute Gasteiger partial charge is 0.261 e. The lowest BCUT2D eigenvalue weighted by Crippen LogP contribution is -2.33. The number of nitrogens with one attached hydrogen (secondary N) is 1. The maximum atomic E-state index is 12.6. The first-order valence-corrected chi connectivity index (χ1v) is 11.1. The minimum atomic E-state index is -3.53. The van der Waals surface area contributed by atoms with E-state index in [4.69, 9.17) is 11.6 Å². The molecule has 26 heavy (non-hydrogen) atoms. The van der Waals surface area contributed by atoms with Crippen LogP contribution in [0.5, 0.6) is 0 Å². The maximum Gasteiger partial charge on any atom is 0.215 e. The zero-order valence-electron chi connectivity index (χ0n) is 14.5. The van der Waals surface area contributed by atoms with Gasteiger partial charge in [-0.2, -0.15) is 16.4 Å². The number of hydrogen-bond donors (Lipinski definition) is 1. The molecule has 1 atom stereocenters. The Morgan fingerprint density at radius 3 is 2.65 bits per heavy atom. The molecule has 8 heteroatoms. The third-order valence-electron chi connectivity index (χ3n) is 4.07. The van der Waals surface area contributed by atoms with Crippen LogP contribution in [0.25, 0.3) is 0 Å². The van der Waals surface area contributed by atoms with Crippen LogP contribution in [0.2, 0.25) is 5.02 Å². The minimum Gasteiger partial charge on any atom is -0.261 e. The van der Waals surface area contributed by atoms with Gasteiger partial charge in [0.1, 0.15) is 0 Å². The van der Waals surface area contributed by atoms with Gasteiger partial charge in [0.2, 0.25) is 10.0 Å². The molecule has 0 aliphatic carbocycles. The van der Waals surface area contributed by atoms with E-state index in [2.05, 4.69) is 9.82 Å². The van der Waals surface area contributed by atoms with Gasteiger partial charge in [-0.3, -0.25) is 4.68 Å². The van der Waals surface area contributed by atoms with Crippen molar-refractivity contribution in [2.45, 2.75) is 25.6 Å². The number of nitrogens with zero attached hydrogens (tertiary/aromatic N) is 2. The molecule has 0 spiro atoms. The number of thiophene rings is 1. The summed E-state index contributed by atoms with van der Waals surface area (Å²) in [5.41, 5.74) is 3.51. The first-order valence-electron chi connectivity index (χ1n) is 8.11. The molecule has 3 rings (SSSR count). The number of rotatable bonds is 7. The Bertz CT molecular complexity index is 982. The Labute approximate surface area is 162 Å². The summed E-state index contributed by atoms with van der Waals surface area (Å²) in [7, 11) is -3.53. The van der Waals surface area contributed by atoms with E-state index in [-0.39, 0.29) is 18.3 Å². The second-order valence-corrected chi connectivity index (χ2v) is 9.14. The first kappa shape index (κ1) is 19.1. The topological polar surface area (TPSA) is 64.0 Å². The second-order valence-electron chi connectivity index (χ2n) is 6.14. The van der Waals surface area contributed by atoms with Crippen molar-refractivity contribution >= 4 is 33.0 Å². The highest BCUT2D eigenvalue weighted by molar-refractivity contribution is 7.88. The van der Waals surface area contributed by atoms with Crippen LogP contribution in [0.1, 0.15) is 28.6 Å². The van der Waals surface area contributed by atoms with Crippen molar-refractivity contribution in [3.05, 3.63) is 74.7 Å². The van der Waals surface area contributed by atoms with Gasteiger partial charge in [0, 0.05) is 17.3 Å².